The van der Waals surface area contributed by atoms with E-state index in [1.807, 2.05) is 12.1 Å². The van der Waals surface area contributed by atoms with E-state index in [1.165, 1.54) is 4.88 Å². The molecule has 0 radical (unpaired) electrons. The van der Waals surface area contributed by atoms with Crippen molar-refractivity contribution in [2.75, 3.05) is 13.2 Å². The largest absolute Gasteiger partial charge is 0.491 e. The van der Waals surface area contributed by atoms with Crippen LogP contribution in [-0.2, 0) is 6.54 Å². The third-order valence-corrected chi connectivity index (χ3v) is 3.59. The van der Waals surface area contributed by atoms with Crippen LogP contribution < -0.4 is 10.1 Å². The van der Waals surface area contributed by atoms with Crippen LogP contribution in [0.2, 0.25) is 9.36 Å². The van der Waals surface area contributed by atoms with Gasteiger partial charge in [-0.05, 0) is 12.1 Å². The van der Waals surface area contributed by atoms with Crippen molar-refractivity contribution in [3.63, 3.8) is 0 Å². The lowest BCUT2D eigenvalue weighted by Gasteiger charge is -2.06. The first kappa shape index (κ1) is 13.6. The number of pyridine rings is 1. The van der Waals surface area contributed by atoms with E-state index in [9.17, 15) is 0 Å². The van der Waals surface area contributed by atoms with E-state index >= 15 is 0 Å². The minimum Gasteiger partial charge on any atom is -0.491 e. The summed E-state index contributed by atoms with van der Waals surface area (Å²) in [5.41, 5.74) is 0. The second-order valence-corrected chi connectivity index (χ2v) is 5.81. The summed E-state index contributed by atoms with van der Waals surface area (Å²) in [6, 6.07) is 5.66. The molecule has 2 aromatic heterocycles. The number of hydrogen-bond donors (Lipinski definition) is 1. The fourth-order valence-electron chi connectivity index (χ4n) is 1.37. The lowest BCUT2D eigenvalue weighted by Crippen LogP contribution is -2.20. The third kappa shape index (κ3) is 4.46. The average Bonchev–Trinajstić information content (AvgIpc) is 2.75. The molecule has 3 nitrogen and oxygen atoms in total. The molecule has 6 heteroatoms. The zero-order valence-corrected chi connectivity index (χ0v) is 11.9. The normalized spacial score (nSPS) is 10.6. The third-order valence-electron chi connectivity index (χ3n) is 2.16. The highest BCUT2D eigenvalue weighted by Crippen LogP contribution is 2.20. The van der Waals surface area contributed by atoms with Crippen LogP contribution in [0.15, 0.2) is 30.6 Å². The highest BCUT2D eigenvalue weighted by Gasteiger charge is 1.98. The summed E-state index contributed by atoms with van der Waals surface area (Å²) in [5.74, 6) is 0.684. The van der Waals surface area contributed by atoms with Crippen LogP contribution in [0, 0.1) is 0 Å². The highest BCUT2D eigenvalue weighted by molar-refractivity contribution is 7.16. The van der Waals surface area contributed by atoms with Crippen molar-refractivity contribution in [3.05, 3.63) is 44.8 Å². The topological polar surface area (TPSA) is 34.1 Å². The first-order valence-corrected chi connectivity index (χ1v) is 6.99. The number of hydrogen-bond acceptors (Lipinski definition) is 4. The van der Waals surface area contributed by atoms with Crippen molar-refractivity contribution in [2.45, 2.75) is 6.54 Å². The van der Waals surface area contributed by atoms with Crippen LogP contribution in [0.1, 0.15) is 4.88 Å². The Morgan fingerprint density at radius 1 is 1.28 bits per heavy atom. The van der Waals surface area contributed by atoms with Gasteiger partial charge in [0.05, 0.1) is 15.6 Å². The lowest BCUT2D eigenvalue weighted by atomic mass is 10.4. The Morgan fingerprint density at radius 3 is 2.89 bits per heavy atom. The second kappa shape index (κ2) is 6.95. The molecule has 0 spiro atoms. The first-order chi connectivity index (χ1) is 8.74. The maximum absolute atomic E-state index is 5.84. The minimum absolute atomic E-state index is 0.571. The maximum Gasteiger partial charge on any atom is 0.139 e. The van der Waals surface area contributed by atoms with E-state index in [1.54, 1.807) is 29.8 Å². The molecule has 1 N–H and O–H groups in total. The van der Waals surface area contributed by atoms with Crippen LogP contribution in [0.4, 0.5) is 0 Å². The summed E-state index contributed by atoms with van der Waals surface area (Å²) in [4.78, 5) is 5.16. The number of rotatable bonds is 6. The van der Waals surface area contributed by atoms with Gasteiger partial charge in [-0.25, -0.2) is 0 Å². The molecule has 0 saturated carbocycles. The maximum atomic E-state index is 5.84. The molecule has 0 unspecified atom stereocenters. The number of thiophene rings is 1. The Labute approximate surface area is 120 Å². The predicted molar refractivity (Wildman–Crippen MR) is 75.8 cm³/mol. The van der Waals surface area contributed by atoms with Gasteiger partial charge in [0.25, 0.3) is 0 Å². The van der Waals surface area contributed by atoms with Gasteiger partial charge < -0.3 is 10.1 Å². The van der Waals surface area contributed by atoms with Gasteiger partial charge in [0, 0.05) is 30.2 Å². The summed E-state index contributed by atoms with van der Waals surface area (Å²) in [6.07, 6.45) is 3.22. The molecule has 0 fully saturated rings. The summed E-state index contributed by atoms with van der Waals surface area (Å²) >= 11 is 13.2. The van der Waals surface area contributed by atoms with Crippen molar-refractivity contribution < 1.29 is 4.74 Å². The minimum atomic E-state index is 0.571. The average molecular weight is 303 g/mol. The van der Waals surface area contributed by atoms with E-state index in [-0.39, 0.29) is 0 Å². The van der Waals surface area contributed by atoms with Crippen LogP contribution in [0.3, 0.4) is 0 Å². The quantitative estimate of drug-likeness (QED) is 0.828. The van der Waals surface area contributed by atoms with Crippen LogP contribution in [0.5, 0.6) is 5.75 Å². The standard InChI is InChI=1S/C12H12Cl2N2OS/c13-9-5-10(7-16-6-9)17-4-3-15-8-11-1-2-12(14)18-11/h1-2,5-7,15H,3-4,8H2. The molecule has 96 valence electrons. The molecule has 0 saturated heterocycles. The van der Waals surface area contributed by atoms with Crippen LogP contribution in [0.25, 0.3) is 0 Å². The molecule has 2 rings (SSSR count). The van der Waals surface area contributed by atoms with Crippen molar-refractivity contribution in [3.8, 4) is 5.75 Å². The van der Waals surface area contributed by atoms with Crippen LogP contribution >= 0.6 is 34.5 Å². The van der Waals surface area contributed by atoms with E-state index < -0.39 is 0 Å². The van der Waals surface area contributed by atoms with Gasteiger partial charge in [-0.15, -0.1) is 11.3 Å². The van der Waals surface area contributed by atoms with E-state index in [2.05, 4.69) is 10.3 Å². The molecule has 0 bridgehead atoms. The fourth-order valence-corrected chi connectivity index (χ4v) is 2.59. The van der Waals surface area contributed by atoms with E-state index in [0.29, 0.717) is 17.4 Å². The SMILES string of the molecule is Clc1cncc(OCCNCc2ccc(Cl)s2)c1. The molecular formula is C12H12Cl2N2OS. The molecule has 0 amide bonds. The number of ether oxygens (including phenoxy) is 1. The molecule has 0 aromatic carbocycles. The first-order valence-electron chi connectivity index (χ1n) is 5.42. The Kier molecular flexibility index (Phi) is 5.26. The van der Waals surface area contributed by atoms with Gasteiger partial charge >= 0.3 is 0 Å². The second-order valence-electron chi connectivity index (χ2n) is 3.57. The zero-order chi connectivity index (χ0) is 12.8. The van der Waals surface area contributed by atoms with Crippen molar-refractivity contribution >= 4 is 34.5 Å². The number of nitrogens with one attached hydrogen (secondary N) is 1. The summed E-state index contributed by atoms with van der Waals surface area (Å²) < 4.78 is 6.31. The van der Waals surface area contributed by atoms with Gasteiger partial charge in [-0.2, -0.15) is 0 Å². The summed E-state index contributed by atoms with van der Waals surface area (Å²) in [6.45, 7) is 2.12. The van der Waals surface area contributed by atoms with E-state index in [0.717, 1.165) is 17.4 Å². The van der Waals surface area contributed by atoms with Gasteiger partial charge in [0.1, 0.15) is 12.4 Å². The fraction of sp³-hybridized carbons (Fsp3) is 0.250. The van der Waals surface area contributed by atoms with Crippen LogP contribution in [-0.4, -0.2) is 18.1 Å². The number of aromatic nitrogens is 1. The Bertz CT molecular complexity index is 504. The Balaban J connectivity index is 1.64. The summed E-state index contributed by atoms with van der Waals surface area (Å²) in [5, 5.41) is 3.85. The molecule has 0 aliphatic heterocycles. The summed E-state index contributed by atoms with van der Waals surface area (Å²) in [7, 11) is 0. The zero-order valence-electron chi connectivity index (χ0n) is 9.53. The molecule has 2 heterocycles. The van der Waals surface area contributed by atoms with Crippen molar-refractivity contribution in [1.82, 2.24) is 10.3 Å². The van der Waals surface area contributed by atoms with E-state index in [4.69, 9.17) is 27.9 Å². The number of halogens is 2. The molecule has 2 aromatic rings. The van der Waals surface area contributed by atoms with Gasteiger partial charge in [-0.3, -0.25) is 4.98 Å². The monoisotopic (exact) mass is 302 g/mol. The van der Waals surface area contributed by atoms with Gasteiger partial charge in [0.2, 0.25) is 0 Å². The molecule has 0 aliphatic rings. The van der Waals surface area contributed by atoms with Gasteiger partial charge in [0.15, 0.2) is 0 Å². The molecular weight excluding hydrogens is 291 g/mol. The number of nitrogens with zero attached hydrogens (tertiary/aromatic N) is 1. The molecule has 0 aliphatic carbocycles. The van der Waals surface area contributed by atoms with Crippen molar-refractivity contribution in [1.29, 1.82) is 0 Å². The molecule has 18 heavy (non-hydrogen) atoms. The van der Waals surface area contributed by atoms with Gasteiger partial charge in [-0.1, -0.05) is 23.2 Å². The Hall–Kier alpha value is -0.810. The smallest absolute Gasteiger partial charge is 0.139 e. The molecule has 0 atom stereocenters. The lowest BCUT2D eigenvalue weighted by molar-refractivity contribution is 0.312. The predicted octanol–water partition coefficient (Wildman–Crippen LogP) is 3.62. The Morgan fingerprint density at radius 2 is 2.17 bits per heavy atom. The highest BCUT2D eigenvalue weighted by atomic mass is 35.5. The van der Waals surface area contributed by atoms with Crippen molar-refractivity contribution in [2.24, 2.45) is 0 Å².